The Kier molecular flexibility index (Phi) is 6.93. The Balaban J connectivity index is 1.40. The van der Waals surface area contributed by atoms with Gasteiger partial charge in [-0.3, -0.25) is 9.69 Å². The Morgan fingerprint density at radius 1 is 1.33 bits per heavy atom. The Hall–Kier alpha value is -2.23. The van der Waals surface area contributed by atoms with Gasteiger partial charge < -0.3 is 19.5 Å². The summed E-state index contributed by atoms with van der Waals surface area (Å²) in [6.45, 7) is 9.37. The van der Waals surface area contributed by atoms with Crippen molar-refractivity contribution in [2.75, 3.05) is 26.2 Å². The van der Waals surface area contributed by atoms with E-state index in [9.17, 15) is 14.0 Å². The molecule has 1 saturated carbocycles. The minimum absolute atomic E-state index is 0.0971. The smallest absolute Gasteiger partial charge is 0.407 e. The Labute approximate surface area is 194 Å². The van der Waals surface area contributed by atoms with Gasteiger partial charge in [0, 0.05) is 44.9 Å². The van der Waals surface area contributed by atoms with E-state index in [1.165, 1.54) is 0 Å². The fraction of sp³-hybridized carbons (Fsp3) is 0.826. The molecular weight excluding hydrogens is 429 g/mol. The molecule has 1 aromatic heterocycles. The number of likely N-dealkylation sites (tertiary alicyclic amines) is 2. The van der Waals surface area contributed by atoms with E-state index in [2.05, 4.69) is 15.5 Å². The maximum Gasteiger partial charge on any atom is 0.407 e. The highest BCUT2D eigenvalue weighted by atomic mass is 19.1. The molecule has 9 nitrogen and oxygen atoms in total. The highest BCUT2D eigenvalue weighted by Crippen LogP contribution is 2.40. The number of amides is 2. The van der Waals surface area contributed by atoms with Gasteiger partial charge in [0.2, 0.25) is 11.8 Å². The second-order valence-corrected chi connectivity index (χ2v) is 10.8. The molecule has 1 aromatic rings. The molecule has 10 heteroatoms. The topological polar surface area (TPSA) is 101 Å². The van der Waals surface area contributed by atoms with Crippen LogP contribution < -0.4 is 5.32 Å². The molecule has 4 rings (SSSR count). The monoisotopic (exact) mass is 465 g/mol. The van der Waals surface area contributed by atoms with Gasteiger partial charge in [0.15, 0.2) is 5.82 Å². The Bertz CT molecular complexity index is 852. The van der Waals surface area contributed by atoms with E-state index in [-0.39, 0.29) is 24.5 Å². The first kappa shape index (κ1) is 23.9. The van der Waals surface area contributed by atoms with Crippen molar-refractivity contribution in [2.45, 2.75) is 89.6 Å². The lowest BCUT2D eigenvalue weighted by atomic mass is 10.1. The molecule has 3 fully saturated rings. The van der Waals surface area contributed by atoms with Crippen LogP contribution in [-0.2, 0) is 9.53 Å². The summed E-state index contributed by atoms with van der Waals surface area (Å²) in [6.07, 6.45) is 2.06. The lowest BCUT2D eigenvalue weighted by Gasteiger charge is -2.29. The van der Waals surface area contributed by atoms with E-state index >= 15 is 0 Å². The molecule has 2 saturated heterocycles. The van der Waals surface area contributed by atoms with Crippen LogP contribution in [0.25, 0.3) is 0 Å². The lowest BCUT2D eigenvalue weighted by Crippen LogP contribution is -2.47. The summed E-state index contributed by atoms with van der Waals surface area (Å²) in [7, 11) is 0. The third-order valence-corrected chi connectivity index (χ3v) is 6.37. The standard InChI is InChI=1S/C23H36FN5O4/c1-14-9-19(30)29(11-14)13-17(25-22(31)32-23(2,3)4)7-8-28-12-16(24)10-18(28)21-26-20(27-33-21)15-5-6-15/h14-18H,5-13H2,1-4H3,(H,25,31)/t14-,16+,17+,18+/m1/s1. The number of hydrogen-bond acceptors (Lipinski definition) is 7. The van der Waals surface area contributed by atoms with Gasteiger partial charge in [-0.05, 0) is 46.0 Å². The minimum atomic E-state index is -0.968. The van der Waals surface area contributed by atoms with E-state index in [1.54, 1.807) is 4.90 Å². The molecule has 3 heterocycles. The van der Waals surface area contributed by atoms with Crippen LogP contribution in [0.1, 0.15) is 83.5 Å². The van der Waals surface area contributed by atoms with Crippen LogP contribution in [0.4, 0.5) is 9.18 Å². The number of halogens is 1. The fourth-order valence-electron chi connectivity index (χ4n) is 4.66. The van der Waals surface area contributed by atoms with Gasteiger partial charge in [-0.25, -0.2) is 9.18 Å². The quantitative estimate of drug-likeness (QED) is 0.629. The van der Waals surface area contributed by atoms with Crippen LogP contribution in [0, 0.1) is 5.92 Å². The van der Waals surface area contributed by atoms with Crippen LogP contribution in [0.15, 0.2) is 4.52 Å². The van der Waals surface area contributed by atoms with Gasteiger partial charge in [-0.15, -0.1) is 0 Å². The third kappa shape index (κ3) is 6.43. The zero-order valence-electron chi connectivity index (χ0n) is 20.1. The number of aromatic nitrogens is 2. The van der Waals surface area contributed by atoms with E-state index in [0.29, 0.717) is 56.6 Å². The maximum absolute atomic E-state index is 14.4. The summed E-state index contributed by atoms with van der Waals surface area (Å²) >= 11 is 0. The number of rotatable bonds is 8. The zero-order valence-corrected chi connectivity index (χ0v) is 20.1. The van der Waals surface area contributed by atoms with Crippen molar-refractivity contribution in [2.24, 2.45) is 5.92 Å². The van der Waals surface area contributed by atoms with Crippen LogP contribution in [0.2, 0.25) is 0 Å². The molecule has 2 aliphatic heterocycles. The number of carbonyl (C=O) groups excluding carboxylic acids is 2. The van der Waals surface area contributed by atoms with Crippen molar-refractivity contribution in [3.05, 3.63) is 11.7 Å². The van der Waals surface area contributed by atoms with Gasteiger partial charge in [-0.1, -0.05) is 12.1 Å². The van der Waals surface area contributed by atoms with Crippen LogP contribution in [0.3, 0.4) is 0 Å². The lowest BCUT2D eigenvalue weighted by molar-refractivity contribution is -0.128. The summed E-state index contributed by atoms with van der Waals surface area (Å²) in [4.78, 5) is 33.1. The summed E-state index contributed by atoms with van der Waals surface area (Å²) in [5, 5.41) is 7.01. The van der Waals surface area contributed by atoms with Crippen molar-refractivity contribution in [1.82, 2.24) is 25.3 Å². The summed E-state index contributed by atoms with van der Waals surface area (Å²) in [5.41, 5.74) is -0.620. The largest absolute Gasteiger partial charge is 0.444 e. The van der Waals surface area contributed by atoms with E-state index in [1.807, 2.05) is 32.6 Å². The number of ether oxygens (including phenoxy) is 1. The highest BCUT2D eigenvalue weighted by molar-refractivity contribution is 5.78. The van der Waals surface area contributed by atoms with Gasteiger partial charge in [0.1, 0.15) is 11.8 Å². The van der Waals surface area contributed by atoms with E-state index in [4.69, 9.17) is 9.26 Å². The van der Waals surface area contributed by atoms with Crippen LogP contribution >= 0.6 is 0 Å². The average molecular weight is 466 g/mol. The summed E-state index contributed by atoms with van der Waals surface area (Å²) < 4.78 is 25.3. The average Bonchev–Trinajstić information content (AvgIpc) is 3.17. The van der Waals surface area contributed by atoms with Gasteiger partial charge in [-0.2, -0.15) is 4.98 Å². The third-order valence-electron chi connectivity index (χ3n) is 6.37. The van der Waals surface area contributed by atoms with E-state index in [0.717, 1.165) is 18.7 Å². The van der Waals surface area contributed by atoms with Crippen LogP contribution in [-0.4, -0.2) is 75.9 Å². The van der Waals surface area contributed by atoms with Crippen molar-refractivity contribution in [1.29, 1.82) is 0 Å². The summed E-state index contributed by atoms with van der Waals surface area (Å²) in [6, 6.07) is -0.575. The number of alkyl halides is 1. The molecule has 0 spiro atoms. The second kappa shape index (κ2) is 9.56. The Morgan fingerprint density at radius 3 is 2.73 bits per heavy atom. The first-order valence-electron chi connectivity index (χ1n) is 12.1. The molecule has 4 atom stereocenters. The molecule has 33 heavy (non-hydrogen) atoms. The van der Waals surface area contributed by atoms with Gasteiger partial charge in [0.25, 0.3) is 0 Å². The normalized spacial score (nSPS) is 27.2. The molecule has 3 aliphatic rings. The van der Waals surface area contributed by atoms with Crippen LogP contribution in [0.5, 0.6) is 0 Å². The summed E-state index contributed by atoms with van der Waals surface area (Å²) in [5.74, 6) is 1.96. The molecule has 0 unspecified atom stereocenters. The first-order valence-corrected chi connectivity index (χ1v) is 12.1. The number of carbonyl (C=O) groups is 2. The molecule has 184 valence electrons. The molecule has 1 N–H and O–H groups in total. The number of nitrogens with one attached hydrogen (secondary N) is 1. The zero-order chi connectivity index (χ0) is 23.8. The SMILES string of the molecule is C[C@@H]1CC(=O)N(C[C@H](CCN2C[C@@H](F)C[C@H]2c2nc(C3CC3)no2)NC(=O)OC(C)(C)C)C1. The predicted molar refractivity (Wildman–Crippen MR) is 118 cm³/mol. The van der Waals surface area contributed by atoms with Crippen molar-refractivity contribution in [3.8, 4) is 0 Å². The molecule has 2 amide bonds. The first-order chi connectivity index (χ1) is 15.6. The molecular formula is C23H36FN5O4. The highest BCUT2D eigenvalue weighted by Gasteiger charge is 2.39. The molecule has 0 bridgehead atoms. The number of nitrogens with zero attached hydrogens (tertiary/aromatic N) is 4. The van der Waals surface area contributed by atoms with Crippen molar-refractivity contribution < 1.29 is 23.2 Å². The van der Waals surface area contributed by atoms with Crippen molar-refractivity contribution >= 4 is 12.0 Å². The Morgan fingerprint density at radius 2 is 2.09 bits per heavy atom. The number of alkyl carbamates (subject to hydrolysis) is 1. The maximum atomic E-state index is 14.4. The van der Waals surface area contributed by atoms with E-state index < -0.39 is 17.9 Å². The van der Waals surface area contributed by atoms with Gasteiger partial charge >= 0.3 is 6.09 Å². The number of hydrogen-bond donors (Lipinski definition) is 1. The second-order valence-electron chi connectivity index (χ2n) is 10.8. The molecule has 0 radical (unpaired) electrons. The molecule has 0 aromatic carbocycles. The predicted octanol–water partition coefficient (Wildman–Crippen LogP) is 3.18. The minimum Gasteiger partial charge on any atom is -0.444 e. The molecule has 1 aliphatic carbocycles. The van der Waals surface area contributed by atoms with Crippen molar-refractivity contribution in [3.63, 3.8) is 0 Å². The van der Waals surface area contributed by atoms with Gasteiger partial charge in [0.05, 0.1) is 12.1 Å². The fourth-order valence-corrected chi connectivity index (χ4v) is 4.66.